The fourth-order valence-corrected chi connectivity index (χ4v) is 5.02. The van der Waals surface area contributed by atoms with Gasteiger partial charge in [-0.3, -0.25) is 4.79 Å². The summed E-state index contributed by atoms with van der Waals surface area (Å²) in [5.74, 6) is -0.203. The summed E-state index contributed by atoms with van der Waals surface area (Å²) in [4.78, 5) is 12.7. The van der Waals surface area contributed by atoms with Crippen LogP contribution < -0.4 is 0 Å². The lowest BCUT2D eigenvalue weighted by Gasteiger charge is -2.22. The number of aromatic nitrogens is 2. The maximum Gasteiger partial charge on any atom is 0.324 e. The molecule has 0 unspecified atom stereocenters. The molecule has 0 N–H and O–H groups in total. The molecule has 0 bridgehead atoms. The van der Waals surface area contributed by atoms with Crippen LogP contribution >= 0.6 is 11.6 Å². The normalized spacial score (nSPS) is 17.2. The third-order valence-corrected chi connectivity index (χ3v) is 6.90. The van der Waals surface area contributed by atoms with Crippen molar-refractivity contribution in [2.24, 2.45) is 0 Å². The highest BCUT2D eigenvalue weighted by atomic mass is 35.5. The van der Waals surface area contributed by atoms with Crippen LogP contribution in [0.1, 0.15) is 18.7 Å². The van der Waals surface area contributed by atoms with Crippen LogP contribution in [-0.4, -0.2) is 41.5 Å². The van der Waals surface area contributed by atoms with Crippen LogP contribution in [-0.2, 0) is 26.2 Å². The zero-order chi connectivity index (χ0) is 21.1. The Bertz CT molecular complexity index is 1130. The minimum atomic E-state index is -3.84. The van der Waals surface area contributed by atoms with Gasteiger partial charge in [-0.1, -0.05) is 29.8 Å². The van der Waals surface area contributed by atoms with Gasteiger partial charge >= 0.3 is 5.97 Å². The van der Waals surface area contributed by atoms with Crippen LogP contribution in [0.25, 0.3) is 11.5 Å². The smallest absolute Gasteiger partial charge is 0.324 e. The molecule has 0 spiro atoms. The van der Waals surface area contributed by atoms with Crippen LogP contribution in [0.2, 0.25) is 5.02 Å². The highest BCUT2D eigenvalue weighted by Crippen LogP contribution is 2.28. The summed E-state index contributed by atoms with van der Waals surface area (Å²) in [5.41, 5.74) is 0.749. The SMILES string of the molecule is O=C(OCc1nnc(-c2ccccc2)o1)[C@@H]1CCCN1S(=O)(=O)c1ccc(Cl)cc1. The van der Waals surface area contributed by atoms with Gasteiger partial charge in [0, 0.05) is 17.1 Å². The standard InChI is InChI=1S/C20H18ClN3O5S/c21-15-8-10-16(11-9-15)30(26,27)24-12-4-7-17(24)20(25)28-13-18-22-23-19(29-18)14-5-2-1-3-6-14/h1-3,5-6,8-11,17H,4,7,12-13H2/t17-/m0/s1. The predicted molar refractivity (Wildman–Crippen MR) is 108 cm³/mol. The summed E-state index contributed by atoms with van der Waals surface area (Å²) >= 11 is 5.84. The Morgan fingerprint density at radius 2 is 1.87 bits per heavy atom. The van der Waals surface area contributed by atoms with Crippen molar-refractivity contribution in [1.29, 1.82) is 0 Å². The molecule has 1 aliphatic heterocycles. The van der Waals surface area contributed by atoms with E-state index in [1.165, 1.54) is 28.6 Å². The molecule has 0 saturated carbocycles. The number of rotatable bonds is 6. The molecule has 1 saturated heterocycles. The molecule has 1 aliphatic rings. The molecule has 1 aromatic heterocycles. The van der Waals surface area contributed by atoms with Crippen LogP contribution in [0.4, 0.5) is 0 Å². The van der Waals surface area contributed by atoms with Crippen molar-refractivity contribution in [3.8, 4) is 11.5 Å². The van der Waals surface area contributed by atoms with Crippen molar-refractivity contribution in [2.75, 3.05) is 6.54 Å². The fourth-order valence-electron chi connectivity index (χ4n) is 3.24. The monoisotopic (exact) mass is 447 g/mol. The number of nitrogens with zero attached hydrogens (tertiary/aromatic N) is 3. The number of sulfonamides is 1. The van der Waals surface area contributed by atoms with E-state index < -0.39 is 22.0 Å². The van der Waals surface area contributed by atoms with E-state index in [1.54, 1.807) is 0 Å². The molecule has 3 aromatic rings. The number of esters is 1. The lowest BCUT2D eigenvalue weighted by atomic mass is 10.2. The van der Waals surface area contributed by atoms with Crippen molar-refractivity contribution in [2.45, 2.75) is 30.4 Å². The maximum absolute atomic E-state index is 12.9. The minimum Gasteiger partial charge on any atom is -0.454 e. The number of halogens is 1. The van der Waals surface area contributed by atoms with E-state index in [4.69, 9.17) is 20.8 Å². The number of ether oxygens (including phenoxy) is 1. The second-order valence-electron chi connectivity index (χ2n) is 6.70. The van der Waals surface area contributed by atoms with Crippen molar-refractivity contribution in [1.82, 2.24) is 14.5 Å². The van der Waals surface area contributed by atoms with Gasteiger partial charge in [0.1, 0.15) is 6.04 Å². The van der Waals surface area contributed by atoms with Crippen LogP contribution in [0.15, 0.2) is 63.9 Å². The first kappa shape index (κ1) is 20.5. The molecule has 2 heterocycles. The van der Waals surface area contributed by atoms with Crippen LogP contribution in [0, 0.1) is 0 Å². The van der Waals surface area contributed by atoms with E-state index in [-0.39, 0.29) is 23.9 Å². The number of benzene rings is 2. The zero-order valence-corrected chi connectivity index (χ0v) is 17.3. The number of carbonyl (C=O) groups excluding carboxylic acids is 1. The van der Waals surface area contributed by atoms with Crippen molar-refractivity contribution in [3.63, 3.8) is 0 Å². The van der Waals surface area contributed by atoms with Gasteiger partial charge in [-0.15, -0.1) is 10.2 Å². The molecular weight excluding hydrogens is 430 g/mol. The van der Waals surface area contributed by atoms with Gasteiger partial charge < -0.3 is 9.15 Å². The third-order valence-electron chi connectivity index (χ3n) is 4.72. The van der Waals surface area contributed by atoms with Crippen molar-refractivity contribution < 1.29 is 22.4 Å². The Balaban J connectivity index is 1.43. The summed E-state index contributed by atoms with van der Waals surface area (Å²) in [6, 6.07) is 14.1. The van der Waals surface area contributed by atoms with Crippen LogP contribution in [0.5, 0.6) is 0 Å². The Kier molecular flexibility index (Phi) is 5.85. The van der Waals surface area contributed by atoms with Gasteiger partial charge in [0.05, 0.1) is 4.90 Å². The molecule has 10 heteroatoms. The summed E-state index contributed by atoms with van der Waals surface area (Å²) in [6.07, 6.45) is 0.941. The zero-order valence-electron chi connectivity index (χ0n) is 15.8. The fraction of sp³-hybridized carbons (Fsp3) is 0.250. The summed E-state index contributed by atoms with van der Waals surface area (Å²) in [5, 5.41) is 8.25. The minimum absolute atomic E-state index is 0.0796. The maximum atomic E-state index is 12.9. The highest BCUT2D eigenvalue weighted by Gasteiger charge is 2.40. The number of hydrogen-bond donors (Lipinski definition) is 0. The van der Waals surface area contributed by atoms with E-state index >= 15 is 0 Å². The van der Waals surface area contributed by atoms with Gasteiger partial charge in [0.2, 0.25) is 15.9 Å². The molecule has 0 amide bonds. The molecule has 30 heavy (non-hydrogen) atoms. The molecule has 2 aromatic carbocycles. The summed E-state index contributed by atoms with van der Waals surface area (Å²) in [6.45, 7) is 0.00738. The van der Waals surface area contributed by atoms with E-state index in [1.807, 2.05) is 30.3 Å². The van der Waals surface area contributed by atoms with Gasteiger partial charge in [-0.2, -0.15) is 4.31 Å². The van der Waals surface area contributed by atoms with E-state index in [0.29, 0.717) is 23.8 Å². The van der Waals surface area contributed by atoms with E-state index in [9.17, 15) is 13.2 Å². The molecule has 156 valence electrons. The first-order valence-corrected chi connectivity index (χ1v) is 11.1. The average Bonchev–Trinajstić information content (AvgIpc) is 3.43. The van der Waals surface area contributed by atoms with Gasteiger partial charge in [-0.05, 0) is 49.2 Å². The highest BCUT2D eigenvalue weighted by molar-refractivity contribution is 7.89. The van der Waals surface area contributed by atoms with E-state index in [2.05, 4.69) is 10.2 Å². The van der Waals surface area contributed by atoms with Gasteiger partial charge in [-0.25, -0.2) is 8.42 Å². The summed E-state index contributed by atoms with van der Waals surface area (Å²) in [7, 11) is -3.84. The quantitative estimate of drug-likeness (QED) is 0.534. The average molecular weight is 448 g/mol. The lowest BCUT2D eigenvalue weighted by Crippen LogP contribution is -2.41. The Labute approximate surface area is 178 Å². The molecular formula is C20H18ClN3O5S. The third kappa shape index (κ3) is 4.23. The second-order valence-corrected chi connectivity index (χ2v) is 9.03. The summed E-state index contributed by atoms with van der Waals surface area (Å²) < 4.78 is 37.8. The Morgan fingerprint density at radius 3 is 2.60 bits per heavy atom. The predicted octanol–water partition coefficient (Wildman–Crippen LogP) is 3.29. The number of hydrogen-bond acceptors (Lipinski definition) is 7. The topological polar surface area (TPSA) is 103 Å². The molecule has 0 radical (unpaired) electrons. The van der Waals surface area contributed by atoms with E-state index in [0.717, 1.165) is 5.56 Å². The molecule has 4 rings (SSSR count). The van der Waals surface area contributed by atoms with Gasteiger partial charge in [0.25, 0.3) is 5.89 Å². The van der Waals surface area contributed by atoms with Crippen LogP contribution in [0.3, 0.4) is 0 Å². The first-order chi connectivity index (χ1) is 14.4. The van der Waals surface area contributed by atoms with Crippen molar-refractivity contribution >= 4 is 27.6 Å². The number of carbonyl (C=O) groups is 1. The van der Waals surface area contributed by atoms with Crippen molar-refractivity contribution in [3.05, 3.63) is 65.5 Å². The molecule has 1 fully saturated rings. The first-order valence-electron chi connectivity index (χ1n) is 9.27. The lowest BCUT2D eigenvalue weighted by molar-refractivity contribution is -0.149. The molecule has 1 atom stereocenters. The molecule has 8 nitrogen and oxygen atoms in total. The Hall–Kier alpha value is -2.75. The molecule has 0 aliphatic carbocycles. The largest absolute Gasteiger partial charge is 0.454 e. The van der Waals surface area contributed by atoms with Gasteiger partial charge in [0.15, 0.2) is 6.61 Å². The Morgan fingerprint density at radius 1 is 1.13 bits per heavy atom. The second kappa shape index (κ2) is 8.55.